The van der Waals surface area contributed by atoms with E-state index in [1.807, 2.05) is 0 Å². The monoisotopic (exact) mass is 368 g/mol. The topological polar surface area (TPSA) is 140 Å². The number of ether oxygens (including phenoxy) is 1. The summed E-state index contributed by atoms with van der Waals surface area (Å²) in [5.74, 6) is -1.40. The van der Waals surface area contributed by atoms with Gasteiger partial charge in [-0.15, -0.1) is 0 Å². The predicted octanol–water partition coefficient (Wildman–Crippen LogP) is 0.485. The second-order valence-corrected chi connectivity index (χ2v) is 5.73. The lowest BCUT2D eigenvalue weighted by Crippen LogP contribution is -2.33. The molecule has 3 rings (SSSR count). The summed E-state index contributed by atoms with van der Waals surface area (Å²) in [5.41, 5.74) is 6.49. The molecule has 1 aliphatic heterocycles. The average Bonchev–Trinajstić information content (AvgIpc) is 2.65. The summed E-state index contributed by atoms with van der Waals surface area (Å²) in [5, 5.41) is 7.69. The zero-order valence-electron chi connectivity index (χ0n) is 14.1. The molecule has 4 amide bonds. The van der Waals surface area contributed by atoms with Gasteiger partial charge in [-0.05, 0) is 36.4 Å². The summed E-state index contributed by atoms with van der Waals surface area (Å²) in [7, 11) is 0. The Kier molecular flexibility index (Phi) is 5.02. The van der Waals surface area contributed by atoms with Crippen LogP contribution in [0, 0.1) is 0 Å². The van der Waals surface area contributed by atoms with Crippen LogP contribution in [0.4, 0.5) is 11.4 Å². The summed E-state index contributed by atoms with van der Waals surface area (Å²) < 4.78 is 5.29. The first-order chi connectivity index (χ1) is 12.9. The molecule has 1 heterocycles. The summed E-state index contributed by atoms with van der Waals surface area (Å²) >= 11 is 0. The van der Waals surface area contributed by atoms with Crippen molar-refractivity contribution in [2.75, 3.05) is 23.8 Å². The minimum Gasteiger partial charge on any atom is -0.482 e. The van der Waals surface area contributed by atoms with Crippen molar-refractivity contribution < 1.29 is 23.9 Å². The largest absolute Gasteiger partial charge is 0.482 e. The summed E-state index contributed by atoms with van der Waals surface area (Å²) in [6.45, 7) is -0.387. The molecule has 0 spiro atoms. The van der Waals surface area contributed by atoms with Crippen LogP contribution in [0.5, 0.6) is 5.75 Å². The zero-order valence-corrected chi connectivity index (χ0v) is 14.1. The van der Waals surface area contributed by atoms with Crippen molar-refractivity contribution in [2.45, 2.75) is 0 Å². The Morgan fingerprint density at radius 1 is 1.07 bits per heavy atom. The van der Waals surface area contributed by atoms with Crippen molar-refractivity contribution >= 4 is 35.0 Å². The van der Waals surface area contributed by atoms with Crippen LogP contribution >= 0.6 is 0 Å². The standard InChI is InChI=1S/C18H16N4O5/c19-15(23)8-20-17(25)10-2-1-3-12(6-10)21-18(26)11-4-5-13-14(7-11)27-9-16(24)22-13/h1-7H,8-9H2,(H2,19,23)(H,20,25)(H,21,26)(H,22,24). The molecule has 27 heavy (non-hydrogen) atoms. The van der Waals surface area contributed by atoms with E-state index in [1.165, 1.54) is 12.1 Å². The van der Waals surface area contributed by atoms with Crippen molar-refractivity contribution in [3.05, 3.63) is 53.6 Å². The van der Waals surface area contributed by atoms with Gasteiger partial charge in [0.15, 0.2) is 6.61 Å². The Morgan fingerprint density at radius 2 is 1.85 bits per heavy atom. The van der Waals surface area contributed by atoms with Crippen LogP contribution in [0.25, 0.3) is 0 Å². The molecule has 0 bridgehead atoms. The molecule has 2 aromatic rings. The first kappa shape index (κ1) is 17.9. The fourth-order valence-corrected chi connectivity index (χ4v) is 2.43. The quantitative estimate of drug-likeness (QED) is 0.608. The Hall–Kier alpha value is -3.88. The Bertz CT molecular complexity index is 941. The van der Waals surface area contributed by atoms with Gasteiger partial charge in [-0.2, -0.15) is 0 Å². The molecule has 1 aliphatic rings. The van der Waals surface area contributed by atoms with Crippen molar-refractivity contribution in [2.24, 2.45) is 5.73 Å². The fourth-order valence-electron chi connectivity index (χ4n) is 2.43. The molecule has 0 aliphatic carbocycles. The number of nitrogens with one attached hydrogen (secondary N) is 3. The molecule has 0 fully saturated rings. The minimum atomic E-state index is -0.654. The molecule has 5 N–H and O–H groups in total. The van der Waals surface area contributed by atoms with Gasteiger partial charge >= 0.3 is 0 Å². The molecule has 9 heteroatoms. The van der Waals surface area contributed by atoms with E-state index in [9.17, 15) is 19.2 Å². The molecule has 2 aromatic carbocycles. The Balaban J connectivity index is 1.71. The van der Waals surface area contributed by atoms with E-state index in [2.05, 4.69) is 16.0 Å². The van der Waals surface area contributed by atoms with E-state index in [1.54, 1.807) is 30.3 Å². The van der Waals surface area contributed by atoms with E-state index in [4.69, 9.17) is 10.5 Å². The number of carbonyl (C=O) groups excluding carboxylic acids is 4. The molecule has 0 atom stereocenters. The van der Waals surface area contributed by atoms with Crippen molar-refractivity contribution in [3.63, 3.8) is 0 Å². The van der Waals surface area contributed by atoms with Crippen LogP contribution in [0.1, 0.15) is 20.7 Å². The summed E-state index contributed by atoms with van der Waals surface area (Å²) in [4.78, 5) is 46.4. The lowest BCUT2D eigenvalue weighted by atomic mass is 10.1. The highest BCUT2D eigenvalue weighted by molar-refractivity contribution is 6.06. The number of anilines is 2. The number of fused-ring (bicyclic) bond motifs is 1. The fraction of sp³-hybridized carbons (Fsp3) is 0.111. The van der Waals surface area contributed by atoms with E-state index in [0.717, 1.165) is 0 Å². The number of benzene rings is 2. The molecular formula is C18H16N4O5. The first-order valence-electron chi connectivity index (χ1n) is 7.97. The van der Waals surface area contributed by atoms with Crippen LogP contribution in [0.3, 0.4) is 0 Å². The van der Waals surface area contributed by atoms with Crippen LogP contribution < -0.4 is 26.4 Å². The number of primary amides is 1. The number of rotatable bonds is 5. The molecule has 0 radical (unpaired) electrons. The average molecular weight is 368 g/mol. The number of nitrogens with two attached hydrogens (primary N) is 1. The van der Waals surface area contributed by atoms with E-state index < -0.39 is 17.7 Å². The van der Waals surface area contributed by atoms with Gasteiger partial charge in [-0.1, -0.05) is 6.07 Å². The molecule has 9 nitrogen and oxygen atoms in total. The maximum atomic E-state index is 12.4. The number of carbonyl (C=O) groups is 4. The molecule has 0 unspecified atom stereocenters. The molecule has 138 valence electrons. The van der Waals surface area contributed by atoms with E-state index in [-0.39, 0.29) is 24.6 Å². The lowest BCUT2D eigenvalue weighted by molar-refractivity contribution is -0.119. The summed E-state index contributed by atoms with van der Waals surface area (Å²) in [6.07, 6.45) is 0. The van der Waals surface area contributed by atoms with Crippen LogP contribution in [-0.2, 0) is 9.59 Å². The van der Waals surface area contributed by atoms with E-state index >= 15 is 0 Å². The number of hydrogen-bond acceptors (Lipinski definition) is 5. The van der Waals surface area contributed by atoms with Crippen LogP contribution in [-0.4, -0.2) is 36.8 Å². The van der Waals surface area contributed by atoms with Crippen molar-refractivity contribution in [3.8, 4) is 5.75 Å². The Morgan fingerprint density at radius 3 is 2.63 bits per heavy atom. The van der Waals surface area contributed by atoms with Crippen LogP contribution in [0.2, 0.25) is 0 Å². The molecular weight excluding hydrogens is 352 g/mol. The van der Waals surface area contributed by atoms with E-state index in [0.29, 0.717) is 22.7 Å². The number of amides is 4. The summed E-state index contributed by atoms with van der Waals surface area (Å²) in [6, 6.07) is 10.9. The first-order valence-corrected chi connectivity index (χ1v) is 7.97. The van der Waals surface area contributed by atoms with Gasteiger partial charge in [0.25, 0.3) is 17.7 Å². The highest BCUT2D eigenvalue weighted by Gasteiger charge is 2.18. The van der Waals surface area contributed by atoms with Gasteiger partial charge in [0.2, 0.25) is 5.91 Å². The third-order valence-corrected chi connectivity index (χ3v) is 3.68. The lowest BCUT2D eigenvalue weighted by Gasteiger charge is -2.18. The maximum absolute atomic E-state index is 12.4. The molecule has 0 aromatic heterocycles. The van der Waals surface area contributed by atoms with Gasteiger partial charge in [-0.25, -0.2) is 0 Å². The smallest absolute Gasteiger partial charge is 0.262 e. The highest BCUT2D eigenvalue weighted by atomic mass is 16.5. The van der Waals surface area contributed by atoms with Gasteiger partial charge in [0.1, 0.15) is 5.75 Å². The third-order valence-electron chi connectivity index (χ3n) is 3.68. The van der Waals surface area contributed by atoms with Crippen LogP contribution in [0.15, 0.2) is 42.5 Å². The second kappa shape index (κ2) is 7.56. The Labute approximate surface area is 153 Å². The SMILES string of the molecule is NC(=O)CNC(=O)c1cccc(NC(=O)c2ccc3c(c2)OCC(=O)N3)c1. The molecule has 0 saturated heterocycles. The minimum absolute atomic E-state index is 0.111. The third kappa shape index (κ3) is 4.40. The van der Waals surface area contributed by atoms with Crippen molar-refractivity contribution in [1.29, 1.82) is 0 Å². The van der Waals surface area contributed by atoms with Gasteiger partial charge in [0, 0.05) is 16.8 Å². The van der Waals surface area contributed by atoms with Crippen molar-refractivity contribution in [1.82, 2.24) is 5.32 Å². The molecule has 0 saturated carbocycles. The van der Waals surface area contributed by atoms with Gasteiger partial charge < -0.3 is 26.4 Å². The normalized spacial score (nSPS) is 12.2. The van der Waals surface area contributed by atoms with Gasteiger partial charge in [-0.3, -0.25) is 19.2 Å². The second-order valence-electron chi connectivity index (χ2n) is 5.73. The zero-order chi connectivity index (χ0) is 19.4. The predicted molar refractivity (Wildman–Crippen MR) is 96.5 cm³/mol. The maximum Gasteiger partial charge on any atom is 0.262 e. The number of hydrogen-bond donors (Lipinski definition) is 4. The van der Waals surface area contributed by atoms with Gasteiger partial charge in [0.05, 0.1) is 12.2 Å². The highest BCUT2D eigenvalue weighted by Crippen LogP contribution is 2.28.